The van der Waals surface area contributed by atoms with E-state index in [1.54, 1.807) is 0 Å². The quantitative estimate of drug-likeness (QED) is 0.337. The van der Waals surface area contributed by atoms with Crippen LogP contribution in [0.5, 0.6) is 0 Å². The Hall–Kier alpha value is -1.53. The molecule has 1 unspecified atom stereocenters. The van der Waals surface area contributed by atoms with Crippen molar-refractivity contribution in [3.8, 4) is 0 Å². The average molecular weight is 459 g/mol. The van der Waals surface area contributed by atoms with Crippen LogP contribution in [0.25, 0.3) is 0 Å². The first-order chi connectivity index (χ1) is 13.0. The number of benzene rings is 2. The Bertz CT molecular complexity index is 851. The summed E-state index contributed by atoms with van der Waals surface area (Å²) in [5, 5.41) is 8.85. The molecule has 0 aliphatic rings. The van der Waals surface area contributed by atoms with Crippen LogP contribution in [0.3, 0.4) is 0 Å². The van der Waals surface area contributed by atoms with Gasteiger partial charge in [-0.05, 0) is 50.2 Å². The molecule has 2 aromatic rings. The number of hydrogen-bond donors (Lipinski definition) is 3. The zero-order valence-electron chi connectivity index (χ0n) is 15.8. The number of halogens is 3. The lowest BCUT2D eigenvalue weighted by molar-refractivity contribution is -0.121. The Morgan fingerprint density at radius 3 is 2.18 bits per heavy atom. The van der Waals surface area contributed by atoms with Crippen molar-refractivity contribution in [1.29, 1.82) is 0 Å². The fraction of sp³-hybridized carbons (Fsp3) is 0.300. The second kappa shape index (κ2) is 9.79. The van der Waals surface area contributed by atoms with Crippen LogP contribution in [-0.4, -0.2) is 21.0 Å². The van der Waals surface area contributed by atoms with E-state index in [0.717, 1.165) is 27.9 Å². The maximum absolute atomic E-state index is 12.4. The van der Waals surface area contributed by atoms with Gasteiger partial charge in [-0.15, -0.1) is 0 Å². The highest BCUT2D eigenvalue weighted by Crippen LogP contribution is 2.29. The van der Waals surface area contributed by atoms with Gasteiger partial charge in [-0.3, -0.25) is 4.79 Å². The first-order valence-electron chi connectivity index (χ1n) is 8.61. The van der Waals surface area contributed by atoms with Gasteiger partial charge in [0.15, 0.2) is 5.11 Å². The minimum Gasteiger partial charge on any atom is -0.339 e. The van der Waals surface area contributed by atoms with Gasteiger partial charge in [0.2, 0.25) is 9.70 Å². The maximum Gasteiger partial charge on any atom is 0.228 e. The van der Waals surface area contributed by atoms with E-state index in [-0.39, 0.29) is 17.4 Å². The summed E-state index contributed by atoms with van der Waals surface area (Å²) in [7, 11) is 0. The van der Waals surface area contributed by atoms with E-state index in [0.29, 0.717) is 0 Å². The molecule has 3 N–H and O–H groups in total. The third kappa shape index (κ3) is 7.13. The van der Waals surface area contributed by atoms with Gasteiger partial charge >= 0.3 is 0 Å². The van der Waals surface area contributed by atoms with Gasteiger partial charge < -0.3 is 16.0 Å². The highest BCUT2D eigenvalue weighted by atomic mass is 35.6. The first-order valence-corrected chi connectivity index (χ1v) is 10.1. The molecule has 1 amide bonds. The molecule has 0 fully saturated rings. The summed E-state index contributed by atoms with van der Waals surface area (Å²) in [6, 6.07) is 13.6. The maximum atomic E-state index is 12.4. The first kappa shape index (κ1) is 22.8. The minimum atomic E-state index is -1.79. The summed E-state index contributed by atoms with van der Waals surface area (Å²) < 4.78 is -1.79. The fourth-order valence-corrected chi connectivity index (χ4v) is 3.10. The molecular formula is C20H22Cl3N3OS. The number of carbonyl (C=O) groups excluding carboxylic acids is 1. The van der Waals surface area contributed by atoms with E-state index in [9.17, 15) is 4.79 Å². The summed E-state index contributed by atoms with van der Waals surface area (Å²) >= 11 is 23.4. The minimum absolute atomic E-state index is 0.163. The van der Waals surface area contributed by atoms with Gasteiger partial charge in [-0.25, -0.2) is 0 Å². The molecule has 150 valence electrons. The zero-order chi connectivity index (χ0) is 20.9. The van der Waals surface area contributed by atoms with Crippen molar-refractivity contribution in [3.05, 3.63) is 64.7 Å². The van der Waals surface area contributed by atoms with Gasteiger partial charge in [-0.2, -0.15) is 0 Å². The third-order valence-corrected chi connectivity index (χ3v) is 4.90. The van der Waals surface area contributed by atoms with Crippen LogP contribution in [0, 0.1) is 20.8 Å². The number of rotatable bonds is 5. The molecule has 28 heavy (non-hydrogen) atoms. The van der Waals surface area contributed by atoms with Crippen LogP contribution in [0.15, 0.2) is 42.5 Å². The number of hydrogen-bond acceptors (Lipinski definition) is 2. The summed E-state index contributed by atoms with van der Waals surface area (Å²) in [4.78, 5) is 12.4. The molecule has 1 atom stereocenters. The number of thiocarbonyl (C=S) groups is 1. The smallest absolute Gasteiger partial charge is 0.228 e. The van der Waals surface area contributed by atoms with Crippen molar-refractivity contribution in [2.75, 3.05) is 5.32 Å². The van der Waals surface area contributed by atoms with Crippen molar-refractivity contribution in [1.82, 2.24) is 10.6 Å². The number of amides is 1. The number of anilines is 1. The number of alkyl halides is 3. The van der Waals surface area contributed by atoms with Gasteiger partial charge in [-0.1, -0.05) is 82.3 Å². The highest BCUT2D eigenvalue weighted by molar-refractivity contribution is 7.80. The second-order valence-corrected chi connectivity index (χ2v) is 9.40. The molecule has 0 spiro atoms. The normalized spacial score (nSPS) is 12.2. The molecule has 0 radical (unpaired) electrons. The molecule has 0 aromatic heterocycles. The van der Waals surface area contributed by atoms with Crippen molar-refractivity contribution in [2.45, 2.75) is 37.2 Å². The van der Waals surface area contributed by atoms with Crippen LogP contribution < -0.4 is 16.0 Å². The van der Waals surface area contributed by atoms with E-state index in [1.807, 2.05) is 63.2 Å². The number of carbonyl (C=O) groups is 1. The Balaban J connectivity index is 2.01. The van der Waals surface area contributed by atoms with Crippen LogP contribution in [-0.2, 0) is 11.2 Å². The Labute approximate surface area is 185 Å². The largest absolute Gasteiger partial charge is 0.339 e. The molecule has 2 aromatic carbocycles. The SMILES string of the molecule is Cc1ccc(CC(=O)NC(NC(=S)Nc2ccc(C)cc2C)C(Cl)(Cl)Cl)cc1. The Morgan fingerprint density at radius 1 is 1.00 bits per heavy atom. The zero-order valence-corrected chi connectivity index (χ0v) is 18.9. The van der Waals surface area contributed by atoms with E-state index in [1.165, 1.54) is 0 Å². The van der Waals surface area contributed by atoms with Gasteiger partial charge in [0.25, 0.3) is 0 Å². The van der Waals surface area contributed by atoms with E-state index in [4.69, 9.17) is 47.0 Å². The van der Waals surface area contributed by atoms with Crippen LogP contribution >= 0.6 is 47.0 Å². The molecule has 2 rings (SSSR count). The van der Waals surface area contributed by atoms with Crippen molar-refractivity contribution in [3.63, 3.8) is 0 Å². The topological polar surface area (TPSA) is 53.2 Å². The number of aryl methyl sites for hydroxylation is 3. The highest BCUT2D eigenvalue weighted by Gasteiger charge is 2.34. The fourth-order valence-electron chi connectivity index (χ4n) is 2.55. The van der Waals surface area contributed by atoms with E-state index in [2.05, 4.69) is 16.0 Å². The van der Waals surface area contributed by atoms with E-state index < -0.39 is 9.96 Å². The predicted molar refractivity (Wildman–Crippen MR) is 122 cm³/mol. The summed E-state index contributed by atoms with van der Waals surface area (Å²) in [5.41, 5.74) is 4.98. The molecule has 0 saturated carbocycles. The summed E-state index contributed by atoms with van der Waals surface area (Å²) in [5.74, 6) is -0.290. The van der Waals surface area contributed by atoms with Gasteiger partial charge in [0.05, 0.1) is 6.42 Å². The Morgan fingerprint density at radius 2 is 1.61 bits per heavy atom. The van der Waals surface area contributed by atoms with Crippen molar-refractivity contribution < 1.29 is 4.79 Å². The molecule has 4 nitrogen and oxygen atoms in total. The standard InChI is InChI=1S/C20H22Cl3N3OS/c1-12-4-7-15(8-5-12)11-17(27)25-18(20(21,22)23)26-19(28)24-16-9-6-13(2)10-14(16)3/h4-10,18H,11H2,1-3H3,(H,25,27)(H2,24,26,28). The molecule has 0 bridgehead atoms. The van der Waals surface area contributed by atoms with Crippen molar-refractivity contribution >= 4 is 63.7 Å². The second-order valence-electron chi connectivity index (χ2n) is 6.62. The molecular weight excluding hydrogens is 437 g/mol. The van der Waals surface area contributed by atoms with Crippen LogP contribution in [0.4, 0.5) is 5.69 Å². The van der Waals surface area contributed by atoms with Crippen molar-refractivity contribution in [2.24, 2.45) is 0 Å². The molecule has 8 heteroatoms. The molecule has 0 aliphatic carbocycles. The number of nitrogens with one attached hydrogen (secondary N) is 3. The average Bonchev–Trinajstić information content (AvgIpc) is 2.58. The van der Waals surface area contributed by atoms with E-state index >= 15 is 0 Å². The predicted octanol–water partition coefficient (Wildman–Crippen LogP) is 4.95. The molecule has 0 saturated heterocycles. The monoisotopic (exact) mass is 457 g/mol. The summed E-state index contributed by atoms with van der Waals surface area (Å²) in [6.45, 7) is 5.96. The van der Waals surface area contributed by atoms with Crippen LogP contribution in [0.1, 0.15) is 22.3 Å². The lowest BCUT2D eigenvalue weighted by Gasteiger charge is -2.28. The lowest BCUT2D eigenvalue weighted by atomic mass is 10.1. The summed E-state index contributed by atoms with van der Waals surface area (Å²) in [6.07, 6.45) is -0.836. The lowest BCUT2D eigenvalue weighted by Crippen LogP contribution is -2.56. The van der Waals surface area contributed by atoms with Gasteiger partial charge in [0, 0.05) is 5.69 Å². The van der Waals surface area contributed by atoms with Gasteiger partial charge in [0.1, 0.15) is 6.17 Å². The van der Waals surface area contributed by atoms with Crippen LogP contribution in [0.2, 0.25) is 0 Å². The Kier molecular flexibility index (Phi) is 7.96. The third-order valence-electron chi connectivity index (χ3n) is 4.02. The molecule has 0 aliphatic heterocycles. The molecule has 0 heterocycles.